The smallest absolute Gasteiger partial charge is 0.188 e. The van der Waals surface area contributed by atoms with Gasteiger partial charge in [0.25, 0.3) is 0 Å². The SMILES string of the molecule is CO[C@H]1CN(C(=N)N)C[C@H]1n1ccnc1. The van der Waals surface area contributed by atoms with Gasteiger partial charge in [-0.25, -0.2) is 4.98 Å². The van der Waals surface area contributed by atoms with Crippen molar-refractivity contribution in [3.63, 3.8) is 0 Å². The summed E-state index contributed by atoms with van der Waals surface area (Å²) in [5.74, 6) is 0.0969. The van der Waals surface area contributed by atoms with E-state index in [0.717, 1.165) is 0 Å². The molecule has 3 N–H and O–H groups in total. The molecule has 2 rings (SSSR count). The molecule has 1 aliphatic heterocycles. The van der Waals surface area contributed by atoms with Crippen LogP contribution in [0.15, 0.2) is 18.7 Å². The number of imidazole rings is 1. The van der Waals surface area contributed by atoms with E-state index in [0.29, 0.717) is 13.1 Å². The second-order valence-corrected chi connectivity index (χ2v) is 3.64. The molecule has 82 valence electrons. The fraction of sp³-hybridized carbons (Fsp3) is 0.556. The van der Waals surface area contributed by atoms with Crippen LogP contribution in [0.1, 0.15) is 6.04 Å². The molecule has 1 aliphatic rings. The number of nitrogens with two attached hydrogens (primary N) is 1. The molecule has 6 heteroatoms. The Kier molecular flexibility index (Phi) is 2.59. The Morgan fingerprint density at radius 3 is 2.93 bits per heavy atom. The van der Waals surface area contributed by atoms with Crippen molar-refractivity contribution in [2.24, 2.45) is 5.73 Å². The van der Waals surface area contributed by atoms with Gasteiger partial charge in [-0.2, -0.15) is 0 Å². The highest BCUT2D eigenvalue weighted by Gasteiger charge is 2.34. The molecule has 0 saturated carbocycles. The van der Waals surface area contributed by atoms with Crippen LogP contribution in [0, 0.1) is 5.41 Å². The largest absolute Gasteiger partial charge is 0.377 e. The lowest BCUT2D eigenvalue weighted by molar-refractivity contribution is 0.0841. The Morgan fingerprint density at radius 1 is 1.60 bits per heavy atom. The number of hydrogen-bond donors (Lipinski definition) is 2. The summed E-state index contributed by atoms with van der Waals surface area (Å²) in [6.45, 7) is 1.36. The minimum atomic E-state index is 0.0584. The van der Waals surface area contributed by atoms with Gasteiger partial charge in [0.15, 0.2) is 5.96 Å². The van der Waals surface area contributed by atoms with E-state index in [1.54, 1.807) is 24.5 Å². The first-order chi connectivity index (χ1) is 7.22. The molecule has 0 bridgehead atoms. The Balaban J connectivity index is 2.15. The van der Waals surface area contributed by atoms with Crippen molar-refractivity contribution < 1.29 is 4.74 Å². The van der Waals surface area contributed by atoms with Gasteiger partial charge in [0, 0.05) is 32.6 Å². The quantitative estimate of drug-likeness (QED) is 0.515. The summed E-state index contributed by atoms with van der Waals surface area (Å²) in [6.07, 6.45) is 5.46. The summed E-state index contributed by atoms with van der Waals surface area (Å²) in [7, 11) is 1.68. The van der Waals surface area contributed by atoms with E-state index < -0.39 is 0 Å². The third-order valence-electron chi connectivity index (χ3n) is 2.79. The first-order valence-electron chi connectivity index (χ1n) is 4.81. The van der Waals surface area contributed by atoms with E-state index in [-0.39, 0.29) is 18.1 Å². The van der Waals surface area contributed by atoms with Crippen LogP contribution in [-0.2, 0) is 4.74 Å². The fourth-order valence-corrected chi connectivity index (χ4v) is 1.94. The maximum atomic E-state index is 7.40. The normalized spacial score (nSPS) is 25.8. The highest BCUT2D eigenvalue weighted by Crippen LogP contribution is 2.23. The van der Waals surface area contributed by atoms with Gasteiger partial charge in [-0.05, 0) is 0 Å². The maximum Gasteiger partial charge on any atom is 0.188 e. The van der Waals surface area contributed by atoms with Crippen molar-refractivity contribution in [1.29, 1.82) is 5.41 Å². The van der Waals surface area contributed by atoms with Crippen molar-refractivity contribution in [3.05, 3.63) is 18.7 Å². The van der Waals surface area contributed by atoms with Crippen LogP contribution in [0.2, 0.25) is 0 Å². The van der Waals surface area contributed by atoms with Crippen LogP contribution in [-0.4, -0.2) is 46.7 Å². The van der Waals surface area contributed by atoms with Gasteiger partial charge in [0.05, 0.1) is 18.5 Å². The molecule has 0 spiro atoms. The monoisotopic (exact) mass is 209 g/mol. The van der Waals surface area contributed by atoms with E-state index in [2.05, 4.69) is 4.98 Å². The average Bonchev–Trinajstić information content (AvgIpc) is 2.86. The molecule has 0 amide bonds. The van der Waals surface area contributed by atoms with Crippen molar-refractivity contribution in [3.8, 4) is 0 Å². The summed E-state index contributed by atoms with van der Waals surface area (Å²) in [4.78, 5) is 5.81. The standard InChI is InChI=1S/C9H15N5O/c1-15-8-5-14(9(10)11)4-7(8)13-3-2-12-6-13/h2-3,6-8H,4-5H2,1H3,(H3,10,11)/t7-,8+/m1/s1. The Morgan fingerprint density at radius 2 is 2.40 bits per heavy atom. The lowest BCUT2D eigenvalue weighted by Crippen LogP contribution is -2.35. The first kappa shape index (κ1) is 9.97. The number of likely N-dealkylation sites (tertiary alicyclic amines) is 1. The number of hydrogen-bond acceptors (Lipinski definition) is 3. The van der Waals surface area contributed by atoms with Crippen molar-refractivity contribution in [2.45, 2.75) is 12.1 Å². The number of nitrogens with zero attached hydrogens (tertiary/aromatic N) is 3. The number of guanidine groups is 1. The van der Waals surface area contributed by atoms with E-state index in [9.17, 15) is 0 Å². The topological polar surface area (TPSA) is 80.2 Å². The average molecular weight is 209 g/mol. The predicted molar refractivity (Wildman–Crippen MR) is 55.5 cm³/mol. The van der Waals surface area contributed by atoms with Crippen LogP contribution in [0.3, 0.4) is 0 Å². The molecule has 2 heterocycles. The molecule has 0 unspecified atom stereocenters. The lowest BCUT2D eigenvalue weighted by Gasteiger charge is -2.17. The fourth-order valence-electron chi connectivity index (χ4n) is 1.94. The maximum absolute atomic E-state index is 7.40. The van der Waals surface area contributed by atoms with Gasteiger partial charge < -0.3 is 19.9 Å². The van der Waals surface area contributed by atoms with E-state index in [1.165, 1.54) is 0 Å². The van der Waals surface area contributed by atoms with Crippen LogP contribution in [0.5, 0.6) is 0 Å². The minimum absolute atomic E-state index is 0.0584. The number of aromatic nitrogens is 2. The zero-order valence-electron chi connectivity index (χ0n) is 8.63. The highest BCUT2D eigenvalue weighted by atomic mass is 16.5. The molecular formula is C9H15N5O. The van der Waals surface area contributed by atoms with Crippen LogP contribution in [0.25, 0.3) is 0 Å². The Bertz CT molecular complexity index is 336. The lowest BCUT2D eigenvalue weighted by atomic mass is 10.2. The Hall–Kier alpha value is -1.56. The van der Waals surface area contributed by atoms with Crippen LogP contribution >= 0.6 is 0 Å². The van der Waals surface area contributed by atoms with Gasteiger partial charge in [0.2, 0.25) is 0 Å². The van der Waals surface area contributed by atoms with Crippen molar-refractivity contribution >= 4 is 5.96 Å². The zero-order chi connectivity index (χ0) is 10.8. The summed E-state index contributed by atoms with van der Waals surface area (Å²) in [5, 5.41) is 7.40. The first-order valence-corrected chi connectivity index (χ1v) is 4.81. The third kappa shape index (κ3) is 1.80. The second-order valence-electron chi connectivity index (χ2n) is 3.64. The van der Waals surface area contributed by atoms with Gasteiger partial charge in [0.1, 0.15) is 0 Å². The van der Waals surface area contributed by atoms with E-state index in [4.69, 9.17) is 15.9 Å². The predicted octanol–water partition coefficient (Wildman–Crippen LogP) is -0.352. The summed E-state index contributed by atoms with van der Waals surface area (Å²) in [6, 6.07) is 0.182. The molecule has 1 saturated heterocycles. The van der Waals surface area contributed by atoms with Gasteiger partial charge >= 0.3 is 0 Å². The number of ether oxygens (including phenoxy) is 1. The third-order valence-corrected chi connectivity index (χ3v) is 2.79. The molecule has 1 aromatic rings. The minimum Gasteiger partial charge on any atom is -0.377 e. The van der Waals surface area contributed by atoms with Crippen molar-refractivity contribution in [2.75, 3.05) is 20.2 Å². The Labute approximate surface area is 88.2 Å². The van der Waals surface area contributed by atoms with E-state index in [1.807, 2.05) is 10.8 Å². The molecule has 2 atom stereocenters. The second kappa shape index (κ2) is 3.90. The number of methoxy groups -OCH3 is 1. The molecule has 15 heavy (non-hydrogen) atoms. The van der Waals surface area contributed by atoms with E-state index >= 15 is 0 Å². The zero-order valence-corrected chi connectivity index (χ0v) is 8.63. The molecular weight excluding hydrogens is 194 g/mol. The molecule has 1 aromatic heterocycles. The summed E-state index contributed by atoms with van der Waals surface area (Å²) < 4.78 is 7.38. The van der Waals surface area contributed by atoms with Gasteiger partial charge in [-0.15, -0.1) is 0 Å². The number of rotatable bonds is 2. The molecule has 0 aliphatic carbocycles. The molecule has 0 radical (unpaired) electrons. The van der Waals surface area contributed by atoms with Crippen LogP contribution in [0.4, 0.5) is 0 Å². The highest BCUT2D eigenvalue weighted by molar-refractivity contribution is 5.75. The molecule has 0 aromatic carbocycles. The number of nitrogens with one attached hydrogen (secondary N) is 1. The summed E-state index contributed by atoms with van der Waals surface area (Å²) in [5.41, 5.74) is 5.46. The van der Waals surface area contributed by atoms with Gasteiger partial charge in [-0.1, -0.05) is 0 Å². The summed E-state index contributed by atoms with van der Waals surface area (Å²) >= 11 is 0. The van der Waals surface area contributed by atoms with Gasteiger partial charge in [-0.3, -0.25) is 5.41 Å². The molecule has 1 fully saturated rings. The van der Waals surface area contributed by atoms with Crippen molar-refractivity contribution in [1.82, 2.24) is 14.5 Å². The van der Waals surface area contributed by atoms with Crippen LogP contribution < -0.4 is 5.73 Å². The molecule has 6 nitrogen and oxygen atoms in total.